The Morgan fingerprint density at radius 1 is 1.28 bits per heavy atom. The molecule has 0 aromatic heterocycles. The van der Waals surface area contributed by atoms with Gasteiger partial charge in [-0.25, -0.2) is 0 Å². The maximum atomic E-state index is 11.9. The lowest BCUT2D eigenvalue weighted by atomic mass is 10.1. The maximum absolute atomic E-state index is 11.9. The molecule has 25 heavy (non-hydrogen) atoms. The average Bonchev–Trinajstić information content (AvgIpc) is 2.54. The second-order valence-corrected chi connectivity index (χ2v) is 5.93. The molecule has 0 saturated carbocycles. The van der Waals surface area contributed by atoms with Gasteiger partial charge in [-0.1, -0.05) is 25.4 Å². The fourth-order valence-electron chi connectivity index (χ4n) is 1.72. The van der Waals surface area contributed by atoms with Crippen molar-refractivity contribution in [3.63, 3.8) is 0 Å². The van der Waals surface area contributed by atoms with Crippen molar-refractivity contribution in [1.29, 1.82) is 0 Å². The quantitative estimate of drug-likeness (QED) is 0.555. The number of amides is 2. The first kappa shape index (κ1) is 23.5. The molecule has 0 bridgehead atoms. The zero-order valence-electron chi connectivity index (χ0n) is 14.5. The molecule has 0 unspecified atom stereocenters. The van der Waals surface area contributed by atoms with Crippen molar-refractivity contribution in [2.24, 2.45) is 11.7 Å². The highest BCUT2D eigenvalue weighted by molar-refractivity contribution is 6.32. The number of carbonyl (C=O) groups is 2. The molecule has 1 atom stereocenters. The lowest BCUT2D eigenvalue weighted by molar-refractivity contribution is -0.125. The van der Waals surface area contributed by atoms with Crippen LogP contribution in [0, 0.1) is 5.92 Å². The normalized spacial score (nSPS) is 11.4. The third-order valence-corrected chi connectivity index (χ3v) is 3.50. The largest absolute Gasteiger partial charge is 0.490 e. The van der Waals surface area contributed by atoms with Gasteiger partial charge in [0.15, 0.2) is 0 Å². The molecule has 4 N–H and O–H groups in total. The lowest BCUT2D eigenvalue weighted by Crippen LogP contribution is -2.46. The van der Waals surface area contributed by atoms with Crippen molar-refractivity contribution in [2.75, 3.05) is 32.2 Å². The van der Waals surface area contributed by atoms with Crippen molar-refractivity contribution in [3.8, 4) is 5.75 Å². The van der Waals surface area contributed by atoms with Gasteiger partial charge in [-0.05, 0) is 24.1 Å². The Bertz CT molecular complexity index is 570. The summed E-state index contributed by atoms with van der Waals surface area (Å²) in [4.78, 5) is 23.6. The van der Waals surface area contributed by atoms with Crippen LogP contribution < -0.4 is 21.1 Å². The first-order valence-corrected chi connectivity index (χ1v) is 7.97. The molecule has 0 spiro atoms. The van der Waals surface area contributed by atoms with Crippen LogP contribution in [0.5, 0.6) is 5.75 Å². The first-order chi connectivity index (χ1) is 11.3. The zero-order chi connectivity index (χ0) is 18.1. The number of nitrogens with one attached hydrogen (secondary N) is 2. The van der Waals surface area contributed by atoms with Crippen LogP contribution in [0.1, 0.15) is 13.8 Å². The molecular formula is C16H25Cl2N3O4. The SMILES string of the molecule is COCCOc1ccc(NC(=O)CNC(=O)[C@@H](N)C(C)C)cc1Cl.Cl. The molecule has 0 radical (unpaired) electrons. The molecule has 2 amide bonds. The molecule has 0 saturated heterocycles. The summed E-state index contributed by atoms with van der Waals surface area (Å²) in [6, 6.07) is 4.24. The van der Waals surface area contributed by atoms with Gasteiger partial charge in [0, 0.05) is 12.8 Å². The van der Waals surface area contributed by atoms with Gasteiger partial charge in [-0.15, -0.1) is 12.4 Å². The molecule has 0 aliphatic rings. The minimum atomic E-state index is -0.643. The second kappa shape index (κ2) is 11.9. The van der Waals surface area contributed by atoms with E-state index >= 15 is 0 Å². The molecule has 7 nitrogen and oxygen atoms in total. The van der Waals surface area contributed by atoms with Crippen molar-refractivity contribution in [2.45, 2.75) is 19.9 Å². The number of methoxy groups -OCH3 is 1. The second-order valence-electron chi connectivity index (χ2n) is 5.52. The standard InChI is InChI=1S/C16H24ClN3O4.ClH/c1-10(2)15(18)16(22)19-9-14(21)20-11-4-5-13(12(17)8-11)24-7-6-23-3;/h4-5,8,10,15H,6-7,9,18H2,1-3H3,(H,19,22)(H,20,21);1H/t15-;/m0./s1. The fourth-order valence-corrected chi connectivity index (χ4v) is 1.96. The molecule has 0 heterocycles. The summed E-state index contributed by atoms with van der Waals surface area (Å²) in [6.45, 7) is 4.34. The van der Waals surface area contributed by atoms with E-state index in [4.69, 9.17) is 26.8 Å². The molecule has 1 aromatic rings. The molecule has 0 fully saturated rings. The maximum Gasteiger partial charge on any atom is 0.243 e. The van der Waals surface area contributed by atoms with Gasteiger partial charge < -0.3 is 25.8 Å². The van der Waals surface area contributed by atoms with Crippen LogP contribution in [0.25, 0.3) is 0 Å². The van der Waals surface area contributed by atoms with Crippen molar-refractivity contribution < 1.29 is 19.1 Å². The van der Waals surface area contributed by atoms with E-state index in [0.29, 0.717) is 29.7 Å². The third-order valence-electron chi connectivity index (χ3n) is 3.20. The highest BCUT2D eigenvalue weighted by atomic mass is 35.5. The summed E-state index contributed by atoms with van der Waals surface area (Å²) in [6.07, 6.45) is 0. The molecular weight excluding hydrogens is 369 g/mol. The van der Waals surface area contributed by atoms with Crippen LogP contribution in [0.3, 0.4) is 0 Å². The van der Waals surface area contributed by atoms with Gasteiger partial charge in [0.2, 0.25) is 11.8 Å². The zero-order valence-corrected chi connectivity index (χ0v) is 16.1. The first-order valence-electron chi connectivity index (χ1n) is 7.59. The Morgan fingerprint density at radius 3 is 2.52 bits per heavy atom. The van der Waals surface area contributed by atoms with E-state index in [1.807, 2.05) is 13.8 Å². The number of benzene rings is 1. The van der Waals surface area contributed by atoms with Crippen LogP contribution in [0.15, 0.2) is 18.2 Å². The van der Waals surface area contributed by atoms with Crippen LogP contribution >= 0.6 is 24.0 Å². The van der Waals surface area contributed by atoms with Crippen LogP contribution in [0.4, 0.5) is 5.69 Å². The Balaban J connectivity index is 0.00000576. The molecule has 0 aliphatic carbocycles. The minimum Gasteiger partial charge on any atom is -0.490 e. The Hall–Kier alpha value is -1.54. The summed E-state index contributed by atoms with van der Waals surface area (Å²) in [5.74, 6) is -0.232. The number of halogens is 2. The lowest BCUT2D eigenvalue weighted by Gasteiger charge is -2.15. The van der Waals surface area contributed by atoms with E-state index in [1.165, 1.54) is 0 Å². The highest BCUT2D eigenvalue weighted by Gasteiger charge is 2.17. The van der Waals surface area contributed by atoms with Crippen molar-refractivity contribution in [3.05, 3.63) is 23.2 Å². The van der Waals surface area contributed by atoms with Gasteiger partial charge in [0.05, 0.1) is 24.2 Å². The molecule has 1 aromatic carbocycles. The van der Waals surface area contributed by atoms with Gasteiger partial charge in [-0.2, -0.15) is 0 Å². The average molecular weight is 394 g/mol. The summed E-state index contributed by atoms with van der Waals surface area (Å²) in [7, 11) is 1.58. The highest BCUT2D eigenvalue weighted by Crippen LogP contribution is 2.27. The predicted molar refractivity (Wildman–Crippen MR) is 101 cm³/mol. The van der Waals surface area contributed by atoms with E-state index in [2.05, 4.69) is 10.6 Å². The van der Waals surface area contributed by atoms with Gasteiger partial charge >= 0.3 is 0 Å². The van der Waals surface area contributed by atoms with Gasteiger partial charge in [-0.3, -0.25) is 9.59 Å². The minimum absolute atomic E-state index is 0. The monoisotopic (exact) mass is 393 g/mol. The predicted octanol–water partition coefficient (Wildman–Crippen LogP) is 1.83. The number of anilines is 1. The number of hydrogen-bond donors (Lipinski definition) is 3. The molecule has 142 valence electrons. The van der Waals surface area contributed by atoms with Crippen LogP contribution in [0.2, 0.25) is 5.02 Å². The third kappa shape index (κ3) is 8.40. The van der Waals surface area contributed by atoms with Crippen LogP contribution in [-0.2, 0) is 14.3 Å². The fraction of sp³-hybridized carbons (Fsp3) is 0.500. The van der Waals surface area contributed by atoms with E-state index in [0.717, 1.165) is 0 Å². The summed E-state index contributed by atoms with van der Waals surface area (Å²) < 4.78 is 10.3. The van der Waals surface area contributed by atoms with Gasteiger partial charge in [0.25, 0.3) is 0 Å². The Kier molecular flexibility index (Phi) is 11.2. The number of nitrogens with two attached hydrogens (primary N) is 1. The van der Waals surface area contributed by atoms with Crippen molar-refractivity contribution >= 4 is 41.5 Å². The van der Waals surface area contributed by atoms with E-state index in [1.54, 1.807) is 25.3 Å². The topological polar surface area (TPSA) is 103 Å². The van der Waals surface area contributed by atoms with E-state index in [-0.39, 0.29) is 36.7 Å². The Morgan fingerprint density at radius 2 is 1.96 bits per heavy atom. The summed E-state index contributed by atoms with van der Waals surface area (Å²) in [5.41, 5.74) is 6.21. The van der Waals surface area contributed by atoms with E-state index < -0.39 is 6.04 Å². The summed E-state index contributed by atoms with van der Waals surface area (Å²) >= 11 is 6.09. The van der Waals surface area contributed by atoms with Gasteiger partial charge in [0.1, 0.15) is 12.4 Å². The Labute approximate surface area is 159 Å². The number of ether oxygens (including phenoxy) is 2. The molecule has 0 aliphatic heterocycles. The number of rotatable bonds is 9. The number of hydrogen-bond acceptors (Lipinski definition) is 5. The summed E-state index contributed by atoms with van der Waals surface area (Å²) in [5, 5.41) is 5.51. The van der Waals surface area contributed by atoms with Crippen LogP contribution in [-0.4, -0.2) is 44.7 Å². The molecule has 9 heteroatoms. The number of carbonyl (C=O) groups excluding carboxylic acids is 2. The van der Waals surface area contributed by atoms with E-state index in [9.17, 15) is 9.59 Å². The van der Waals surface area contributed by atoms with Crippen molar-refractivity contribution in [1.82, 2.24) is 5.32 Å². The molecule has 1 rings (SSSR count). The smallest absolute Gasteiger partial charge is 0.243 e.